The van der Waals surface area contributed by atoms with E-state index in [0.717, 1.165) is 38.5 Å². The van der Waals surface area contributed by atoms with Crippen LogP contribution in [0.1, 0.15) is 52.4 Å². The molecular weight excluding hydrogens is 348 g/mol. The van der Waals surface area contributed by atoms with Crippen molar-refractivity contribution in [3.8, 4) is 0 Å². The van der Waals surface area contributed by atoms with Crippen LogP contribution in [0.4, 0.5) is 0 Å². The van der Waals surface area contributed by atoms with E-state index in [2.05, 4.69) is 24.5 Å². The quantitative estimate of drug-likeness (QED) is 0.487. The lowest BCUT2D eigenvalue weighted by atomic mass is 9.82. The zero-order chi connectivity index (χ0) is 19.1. The first kappa shape index (κ1) is 19.2. The van der Waals surface area contributed by atoms with Gasteiger partial charge in [0.25, 0.3) is 0 Å². The van der Waals surface area contributed by atoms with Crippen LogP contribution in [-0.4, -0.2) is 61.5 Å². The lowest BCUT2D eigenvalue weighted by Crippen LogP contribution is -2.38. The monoisotopic (exact) mass is 380 g/mol. The van der Waals surface area contributed by atoms with Gasteiger partial charge in [0.1, 0.15) is 0 Å². The smallest absolute Gasteiger partial charge is 0.223 e. The average molecular weight is 380 g/mol. The van der Waals surface area contributed by atoms with Gasteiger partial charge in [-0.25, -0.2) is 0 Å². The Morgan fingerprint density at radius 1 is 0.889 bits per heavy atom. The van der Waals surface area contributed by atoms with Crippen LogP contribution in [-0.2, 0) is 23.8 Å². The lowest BCUT2D eigenvalue weighted by molar-refractivity contribution is -0.126. The third-order valence-electron chi connectivity index (χ3n) is 6.88. The zero-order valence-corrected chi connectivity index (χ0v) is 16.4. The van der Waals surface area contributed by atoms with E-state index >= 15 is 0 Å². The van der Waals surface area contributed by atoms with Gasteiger partial charge in [-0.1, -0.05) is 0 Å². The van der Waals surface area contributed by atoms with Gasteiger partial charge in [-0.2, -0.15) is 0 Å². The molecule has 4 rings (SSSR count). The molecule has 0 aromatic rings. The third-order valence-corrected chi connectivity index (χ3v) is 6.88. The number of hydrogen-bond acceptors (Lipinski definition) is 5. The van der Waals surface area contributed by atoms with E-state index in [1.54, 1.807) is 0 Å². The molecular formula is C20H32N2O5. The second kappa shape index (κ2) is 7.33. The first-order valence-electron chi connectivity index (χ1n) is 10.4. The highest BCUT2D eigenvalue weighted by atomic mass is 16.6. The van der Waals surface area contributed by atoms with Gasteiger partial charge in [0.2, 0.25) is 11.8 Å². The van der Waals surface area contributed by atoms with Crippen molar-refractivity contribution in [1.82, 2.24) is 10.6 Å². The highest BCUT2D eigenvalue weighted by Crippen LogP contribution is 2.49. The first-order valence-corrected chi connectivity index (χ1v) is 10.4. The summed E-state index contributed by atoms with van der Waals surface area (Å²) in [6.45, 7) is 6.19. The van der Waals surface area contributed by atoms with Crippen LogP contribution < -0.4 is 10.6 Å². The molecule has 2 aliphatic heterocycles. The Hall–Kier alpha value is -1.18. The molecule has 2 heterocycles. The summed E-state index contributed by atoms with van der Waals surface area (Å²) in [5.41, 5.74) is 0.0978. The molecule has 152 valence electrons. The second-order valence-electron chi connectivity index (χ2n) is 8.98. The van der Waals surface area contributed by atoms with E-state index in [1.165, 1.54) is 0 Å². The SMILES string of the molecule is CC12CCC(C(=O)NCCOCCNC(=O)C3CCC4(C)OC4C3)CC1O2. The highest BCUT2D eigenvalue weighted by molar-refractivity contribution is 5.79. The van der Waals surface area contributed by atoms with Gasteiger partial charge in [0.05, 0.1) is 36.6 Å². The Bertz CT molecular complexity index is 549. The number of amides is 2. The molecule has 0 spiro atoms. The van der Waals surface area contributed by atoms with Gasteiger partial charge < -0.3 is 24.8 Å². The van der Waals surface area contributed by atoms with E-state index in [0.29, 0.717) is 26.3 Å². The minimum atomic E-state index is 0.0489. The predicted molar refractivity (Wildman–Crippen MR) is 98.1 cm³/mol. The van der Waals surface area contributed by atoms with Gasteiger partial charge in [0, 0.05) is 24.9 Å². The standard InChI is InChI=1S/C20H32N2O5/c1-19-5-3-13(11-15(19)26-19)17(23)21-7-9-25-10-8-22-18(24)14-4-6-20(2)16(12-14)27-20/h13-16H,3-12H2,1-2H3,(H,21,23)(H,22,24). The maximum atomic E-state index is 12.2. The molecule has 6 atom stereocenters. The molecule has 4 aliphatic rings. The Labute approximate surface area is 160 Å². The minimum Gasteiger partial charge on any atom is -0.378 e. The van der Waals surface area contributed by atoms with E-state index in [4.69, 9.17) is 14.2 Å². The van der Waals surface area contributed by atoms with E-state index in [1.807, 2.05) is 0 Å². The molecule has 0 bridgehead atoms. The third kappa shape index (κ3) is 4.30. The van der Waals surface area contributed by atoms with E-state index in [9.17, 15) is 9.59 Å². The number of fused-ring (bicyclic) bond motifs is 2. The van der Waals surface area contributed by atoms with Gasteiger partial charge in [-0.05, 0) is 52.4 Å². The summed E-state index contributed by atoms with van der Waals surface area (Å²) in [6, 6.07) is 0. The Morgan fingerprint density at radius 3 is 1.74 bits per heavy atom. The average Bonchev–Trinajstić information content (AvgIpc) is 3.51. The van der Waals surface area contributed by atoms with Crippen molar-refractivity contribution < 1.29 is 23.8 Å². The Balaban J connectivity index is 1.01. The summed E-state index contributed by atoms with van der Waals surface area (Å²) in [5, 5.41) is 5.90. The van der Waals surface area contributed by atoms with Crippen molar-refractivity contribution in [2.45, 2.75) is 75.8 Å². The van der Waals surface area contributed by atoms with Crippen LogP contribution >= 0.6 is 0 Å². The summed E-state index contributed by atoms with van der Waals surface area (Å²) < 4.78 is 16.8. The summed E-state index contributed by atoms with van der Waals surface area (Å²) in [5.74, 6) is 0.349. The normalized spacial score (nSPS) is 41.9. The summed E-state index contributed by atoms with van der Waals surface area (Å²) >= 11 is 0. The molecule has 0 aromatic carbocycles. The first-order chi connectivity index (χ1) is 12.9. The topological polar surface area (TPSA) is 92.5 Å². The van der Waals surface area contributed by atoms with Crippen LogP contribution in [0.25, 0.3) is 0 Å². The van der Waals surface area contributed by atoms with Crippen LogP contribution in [0.15, 0.2) is 0 Å². The number of epoxide rings is 2. The maximum absolute atomic E-state index is 12.2. The number of carbonyl (C=O) groups excluding carboxylic acids is 2. The summed E-state index contributed by atoms with van der Waals surface area (Å²) in [4.78, 5) is 24.4. The summed E-state index contributed by atoms with van der Waals surface area (Å²) in [6.07, 6.45) is 5.95. The predicted octanol–water partition coefficient (Wildman–Crippen LogP) is 1.15. The summed E-state index contributed by atoms with van der Waals surface area (Å²) in [7, 11) is 0. The lowest BCUT2D eigenvalue weighted by Gasteiger charge is -2.22. The molecule has 7 heteroatoms. The molecule has 6 unspecified atom stereocenters. The molecule has 27 heavy (non-hydrogen) atoms. The highest BCUT2D eigenvalue weighted by Gasteiger charge is 2.56. The largest absolute Gasteiger partial charge is 0.378 e. The fraction of sp³-hybridized carbons (Fsp3) is 0.900. The zero-order valence-electron chi connectivity index (χ0n) is 16.4. The fourth-order valence-corrected chi connectivity index (χ4v) is 4.65. The van der Waals surface area contributed by atoms with Gasteiger partial charge in [-0.15, -0.1) is 0 Å². The van der Waals surface area contributed by atoms with Gasteiger partial charge >= 0.3 is 0 Å². The number of nitrogens with one attached hydrogen (secondary N) is 2. The molecule has 2 saturated carbocycles. The van der Waals surface area contributed by atoms with Crippen molar-refractivity contribution in [2.24, 2.45) is 11.8 Å². The van der Waals surface area contributed by atoms with Gasteiger partial charge in [-0.3, -0.25) is 9.59 Å². The van der Waals surface area contributed by atoms with Crippen molar-refractivity contribution in [3.63, 3.8) is 0 Å². The van der Waals surface area contributed by atoms with Crippen LogP contribution in [0.3, 0.4) is 0 Å². The van der Waals surface area contributed by atoms with Gasteiger partial charge in [0.15, 0.2) is 0 Å². The minimum absolute atomic E-state index is 0.0489. The number of hydrogen-bond donors (Lipinski definition) is 2. The molecule has 2 aliphatic carbocycles. The molecule has 2 amide bonds. The molecule has 4 fully saturated rings. The Morgan fingerprint density at radius 2 is 1.33 bits per heavy atom. The number of carbonyl (C=O) groups is 2. The van der Waals surface area contributed by atoms with Crippen LogP contribution in [0.5, 0.6) is 0 Å². The number of ether oxygens (including phenoxy) is 3. The van der Waals surface area contributed by atoms with E-state index < -0.39 is 0 Å². The van der Waals surface area contributed by atoms with Crippen molar-refractivity contribution in [2.75, 3.05) is 26.3 Å². The molecule has 0 radical (unpaired) electrons. The molecule has 0 aromatic heterocycles. The molecule has 2 saturated heterocycles. The van der Waals surface area contributed by atoms with Crippen LogP contribution in [0, 0.1) is 11.8 Å². The number of rotatable bonds is 8. The maximum Gasteiger partial charge on any atom is 0.223 e. The molecule has 2 N–H and O–H groups in total. The van der Waals surface area contributed by atoms with Crippen molar-refractivity contribution in [1.29, 1.82) is 0 Å². The second-order valence-corrected chi connectivity index (χ2v) is 8.98. The fourth-order valence-electron chi connectivity index (χ4n) is 4.65. The molecule has 7 nitrogen and oxygen atoms in total. The van der Waals surface area contributed by atoms with Crippen LogP contribution in [0.2, 0.25) is 0 Å². The van der Waals surface area contributed by atoms with E-state index in [-0.39, 0.29) is 47.1 Å². The van der Waals surface area contributed by atoms with Crippen molar-refractivity contribution >= 4 is 11.8 Å². The van der Waals surface area contributed by atoms with Crippen molar-refractivity contribution in [3.05, 3.63) is 0 Å². The Kier molecular flexibility index (Phi) is 5.20.